The smallest absolute Gasteiger partial charge is 0.0427 e. The van der Waals surface area contributed by atoms with Gasteiger partial charge in [-0.2, -0.15) is 0 Å². The first-order chi connectivity index (χ1) is 8.95. The van der Waals surface area contributed by atoms with Crippen molar-refractivity contribution < 1.29 is 0 Å². The minimum atomic E-state index is 0.225. The van der Waals surface area contributed by atoms with E-state index in [2.05, 4.69) is 66.0 Å². The number of halogens is 1. The summed E-state index contributed by atoms with van der Waals surface area (Å²) in [6.45, 7) is 12.4. The van der Waals surface area contributed by atoms with Gasteiger partial charge in [0.2, 0.25) is 0 Å². The van der Waals surface area contributed by atoms with Crippen LogP contribution in [0.2, 0.25) is 0 Å². The molecule has 0 spiro atoms. The van der Waals surface area contributed by atoms with Crippen molar-refractivity contribution in [2.24, 2.45) is 0 Å². The fourth-order valence-electron chi connectivity index (χ4n) is 3.05. The summed E-state index contributed by atoms with van der Waals surface area (Å²) in [4.78, 5) is 2.57. The van der Waals surface area contributed by atoms with Gasteiger partial charge in [-0.15, -0.1) is 0 Å². The molecule has 2 rings (SSSR count). The third kappa shape index (κ3) is 3.32. The highest BCUT2D eigenvalue weighted by Gasteiger charge is 2.28. The Balaban J connectivity index is 2.35. The van der Waals surface area contributed by atoms with Gasteiger partial charge in [0.15, 0.2) is 0 Å². The van der Waals surface area contributed by atoms with Gasteiger partial charge in [0.25, 0.3) is 0 Å². The number of anilines is 1. The molecule has 1 N–H and O–H groups in total. The largest absolute Gasteiger partial charge is 0.369 e. The van der Waals surface area contributed by atoms with Crippen molar-refractivity contribution in [1.29, 1.82) is 0 Å². The van der Waals surface area contributed by atoms with Crippen LogP contribution in [-0.2, 0) is 0 Å². The number of hydrogen-bond donors (Lipinski definition) is 1. The van der Waals surface area contributed by atoms with E-state index >= 15 is 0 Å². The molecule has 3 heteroatoms. The van der Waals surface area contributed by atoms with Gasteiger partial charge in [0.05, 0.1) is 0 Å². The van der Waals surface area contributed by atoms with Gasteiger partial charge in [0.1, 0.15) is 0 Å². The molecule has 19 heavy (non-hydrogen) atoms. The molecule has 1 aliphatic heterocycles. The highest BCUT2D eigenvalue weighted by Crippen LogP contribution is 2.31. The van der Waals surface area contributed by atoms with Crippen LogP contribution in [0.15, 0.2) is 16.6 Å². The molecule has 1 fully saturated rings. The van der Waals surface area contributed by atoms with Crippen molar-refractivity contribution in [3.05, 3.63) is 27.7 Å². The minimum Gasteiger partial charge on any atom is -0.369 e. The summed E-state index contributed by atoms with van der Waals surface area (Å²) in [5.41, 5.74) is 4.38. The van der Waals surface area contributed by atoms with Crippen LogP contribution in [0.25, 0.3) is 0 Å². The molecule has 1 aliphatic rings. The second-order valence-corrected chi connectivity index (χ2v) is 6.92. The standard InChI is InChI=1S/C16H25BrN2/c1-5-16(4)11-19(8-6-7-18-16)15-12(2)9-14(17)10-13(15)3/h9-10,18H,5-8,11H2,1-4H3. The maximum absolute atomic E-state index is 3.71. The first-order valence-electron chi connectivity index (χ1n) is 7.22. The molecule has 2 nitrogen and oxygen atoms in total. The minimum absolute atomic E-state index is 0.225. The highest BCUT2D eigenvalue weighted by molar-refractivity contribution is 9.10. The molecule has 0 aromatic heterocycles. The van der Waals surface area contributed by atoms with E-state index in [0.717, 1.165) is 26.1 Å². The van der Waals surface area contributed by atoms with Crippen LogP contribution in [-0.4, -0.2) is 25.2 Å². The van der Waals surface area contributed by atoms with Crippen molar-refractivity contribution >= 4 is 21.6 Å². The van der Waals surface area contributed by atoms with Crippen molar-refractivity contribution in [2.45, 2.75) is 46.1 Å². The Morgan fingerprint density at radius 1 is 1.32 bits per heavy atom. The third-order valence-corrected chi connectivity index (χ3v) is 4.71. The van der Waals surface area contributed by atoms with Crippen LogP contribution in [0.1, 0.15) is 37.8 Å². The lowest BCUT2D eigenvalue weighted by Gasteiger charge is -2.35. The fraction of sp³-hybridized carbons (Fsp3) is 0.625. The Labute approximate surface area is 125 Å². The molecule has 1 heterocycles. The predicted octanol–water partition coefficient (Wildman–Crippen LogP) is 4.03. The van der Waals surface area contributed by atoms with Gasteiger partial charge in [-0.25, -0.2) is 0 Å². The first kappa shape index (κ1) is 14.9. The molecular formula is C16H25BrN2. The van der Waals surface area contributed by atoms with Gasteiger partial charge >= 0.3 is 0 Å². The van der Waals surface area contributed by atoms with E-state index in [9.17, 15) is 0 Å². The molecule has 1 unspecified atom stereocenters. The maximum atomic E-state index is 3.71. The zero-order valence-electron chi connectivity index (χ0n) is 12.5. The van der Waals surface area contributed by atoms with Gasteiger partial charge in [-0.05, 0) is 63.4 Å². The molecule has 1 atom stereocenters. The molecule has 0 saturated carbocycles. The Morgan fingerprint density at radius 2 is 1.95 bits per heavy atom. The van der Waals surface area contributed by atoms with E-state index < -0.39 is 0 Å². The Bertz CT molecular complexity index is 435. The maximum Gasteiger partial charge on any atom is 0.0427 e. The lowest BCUT2D eigenvalue weighted by Crippen LogP contribution is -2.48. The van der Waals surface area contributed by atoms with E-state index in [1.54, 1.807) is 0 Å². The normalized spacial score (nSPS) is 24.4. The molecule has 106 valence electrons. The summed E-state index contributed by atoms with van der Waals surface area (Å²) in [7, 11) is 0. The number of rotatable bonds is 2. The number of aryl methyl sites for hydroxylation is 2. The number of benzene rings is 1. The van der Waals surface area contributed by atoms with E-state index in [-0.39, 0.29) is 5.54 Å². The summed E-state index contributed by atoms with van der Waals surface area (Å²) in [6.07, 6.45) is 2.38. The number of hydrogen-bond acceptors (Lipinski definition) is 2. The van der Waals surface area contributed by atoms with Crippen molar-refractivity contribution in [2.75, 3.05) is 24.5 Å². The SMILES string of the molecule is CCC1(C)CN(c2c(C)cc(Br)cc2C)CCCN1. The molecule has 0 aliphatic carbocycles. The van der Waals surface area contributed by atoms with Gasteiger partial charge in [-0.3, -0.25) is 0 Å². The molecule has 1 aromatic carbocycles. The topological polar surface area (TPSA) is 15.3 Å². The molecular weight excluding hydrogens is 300 g/mol. The Hall–Kier alpha value is -0.540. The van der Waals surface area contributed by atoms with Gasteiger partial charge in [0, 0.05) is 28.8 Å². The zero-order valence-corrected chi connectivity index (χ0v) is 14.1. The summed E-state index contributed by atoms with van der Waals surface area (Å²) < 4.78 is 1.18. The van der Waals surface area contributed by atoms with Crippen LogP contribution >= 0.6 is 15.9 Å². The summed E-state index contributed by atoms with van der Waals surface area (Å²) >= 11 is 3.59. The van der Waals surface area contributed by atoms with E-state index in [1.165, 1.54) is 27.7 Å². The van der Waals surface area contributed by atoms with Crippen molar-refractivity contribution in [1.82, 2.24) is 5.32 Å². The second kappa shape index (κ2) is 5.84. The summed E-state index contributed by atoms with van der Waals surface area (Å²) in [6, 6.07) is 4.45. The van der Waals surface area contributed by atoms with Crippen LogP contribution in [0.3, 0.4) is 0 Å². The van der Waals surface area contributed by atoms with Gasteiger partial charge < -0.3 is 10.2 Å². The van der Waals surface area contributed by atoms with Crippen LogP contribution in [0, 0.1) is 13.8 Å². The monoisotopic (exact) mass is 324 g/mol. The number of nitrogens with one attached hydrogen (secondary N) is 1. The number of nitrogens with zero attached hydrogens (tertiary/aromatic N) is 1. The lowest BCUT2D eigenvalue weighted by atomic mass is 9.97. The van der Waals surface area contributed by atoms with E-state index in [4.69, 9.17) is 0 Å². The summed E-state index contributed by atoms with van der Waals surface area (Å²) in [5.74, 6) is 0. The average molecular weight is 325 g/mol. The van der Waals surface area contributed by atoms with Crippen LogP contribution in [0.5, 0.6) is 0 Å². The van der Waals surface area contributed by atoms with Crippen molar-refractivity contribution in [3.63, 3.8) is 0 Å². The lowest BCUT2D eigenvalue weighted by molar-refractivity contribution is 0.366. The molecule has 1 saturated heterocycles. The highest BCUT2D eigenvalue weighted by atomic mass is 79.9. The fourth-order valence-corrected chi connectivity index (χ4v) is 3.73. The second-order valence-electron chi connectivity index (χ2n) is 6.00. The molecule has 0 radical (unpaired) electrons. The Morgan fingerprint density at radius 3 is 2.53 bits per heavy atom. The molecule has 1 aromatic rings. The van der Waals surface area contributed by atoms with Crippen molar-refractivity contribution in [3.8, 4) is 0 Å². The molecule has 0 amide bonds. The quantitative estimate of drug-likeness (QED) is 0.883. The van der Waals surface area contributed by atoms with E-state index in [0.29, 0.717) is 0 Å². The molecule has 0 bridgehead atoms. The average Bonchev–Trinajstić information content (AvgIpc) is 2.51. The Kier molecular flexibility index (Phi) is 4.57. The van der Waals surface area contributed by atoms with E-state index in [1.807, 2.05) is 0 Å². The zero-order chi connectivity index (χ0) is 14.0. The van der Waals surface area contributed by atoms with Crippen LogP contribution < -0.4 is 10.2 Å². The summed E-state index contributed by atoms with van der Waals surface area (Å²) in [5, 5.41) is 3.71. The predicted molar refractivity (Wildman–Crippen MR) is 87.1 cm³/mol. The van der Waals surface area contributed by atoms with Gasteiger partial charge in [-0.1, -0.05) is 22.9 Å². The first-order valence-corrected chi connectivity index (χ1v) is 8.01. The third-order valence-electron chi connectivity index (χ3n) is 4.25. The van der Waals surface area contributed by atoms with Crippen LogP contribution in [0.4, 0.5) is 5.69 Å².